The normalized spacial score (nSPS) is 16.5. The van der Waals surface area contributed by atoms with E-state index in [-0.39, 0.29) is 5.91 Å². The first kappa shape index (κ1) is 12.6. The fraction of sp³-hybridized carbons (Fsp3) is 0.429. The highest BCUT2D eigenvalue weighted by Crippen LogP contribution is 2.41. The van der Waals surface area contributed by atoms with E-state index >= 15 is 0 Å². The van der Waals surface area contributed by atoms with Crippen molar-refractivity contribution in [1.29, 1.82) is 5.26 Å². The fourth-order valence-corrected chi connectivity index (χ4v) is 2.30. The Labute approximate surface area is 107 Å². The largest absolute Gasteiger partial charge is 0.329 e. The molecule has 2 rings (SSSR count). The van der Waals surface area contributed by atoms with Crippen LogP contribution in [0.2, 0.25) is 0 Å². The number of benzene rings is 1. The molecule has 1 amide bonds. The molecule has 0 radical (unpaired) electrons. The Hall–Kier alpha value is -1.86. The summed E-state index contributed by atoms with van der Waals surface area (Å²) in [5, 5.41) is 12.0. The van der Waals surface area contributed by atoms with Gasteiger partial charge in [0, 0.05) is 6.54 Å². The third-order valence-corrected chi connectivity index (χ3v) is 3.82. The van der Waals surface area contributed by atoms with Gasteiger partial charge in [0.15, 0.2) is 0 Å². The summed E-state index contributed by atoms with van der Waals surface area (Å²) in [6, 6.07) is 7.58. The van der Waals surface area contributed by atoms with Crippen LogP contribution < -0.4 is 11.1 Å². The third kappa shape index (κ3) is 1.98. The molecule has 4 heteroatoms. The number of carbonyl (C=O) groups is 1. The maximum atomic E-state index is 12.2. The average molecular weight is 243 g/mol. The molecule has 0 aliphatic heterocycles. The lowest BCUT2D eigenvalue weighted by atomic mass is 9.68. The SMILES string of the molecule is Cc1cccc(NC(=O)C2(CN)CCC2)c1C#N. The van der Waals surface area contributed by atoms with Crippen molar-refractivity contribution in [2.75, 3.05) is 11.9 Å². The number of aryl methyl sites for hydroxylation is 1. The highest BCUT2D eigenvalue weighted by atomic mass is 16.2. The number of nitrogens with one attached hydrogen (secondary N) is 1. The van der Waals surface area contributed by atoms with Crippen molar-refractivity contribution in [3.05, 3.63) is 29.3 Å². The van der Waals surface area contributed by atoms with Crippen LogP contribution in [-0.4, -0.2) is 12.5 Å². The molecule has 1 aromatic rings. The van der Waals surface area contributed by atoms with E-state index in [0.29, 0.717) is 17.8 Å². The summed E-state index contributed by atoms with van der Waals surface area (Å²) >= 11 is 0. The van der Waals surface area contributed by atoms with Crippen molar-refractivity contribution in [3.63, 3.8) is 0 Å². The average Bonchev–Trinajstić information content (AvgIpc) is 2.28. The molecule has 0 atom stereocenters. The zero-order chi connectivity index (χ0) is 13.2. The molecule has 0 heterocycles. The minimum Gasteiger partial charge on any atom is -0.329 e. The number of nitrogens with zero attached hydrogens (tertiary/aromatic N) is 1. The topological polar surface area (TPSA) is 78.9 Å². The predicted molar refractivity (Wildman–Crippen MR) is 69.9 cm³/mol. The Morgan fingerprint density at radius 3 is 2.78 bits per heavy atom. The van der Waals surface area contributed by atoms with Gasteiger partial charge in [-0.1, -0.05) is 18.6 Å². The van der Waals surface area contributed by atoms with E-state index in [1.165, 1.54) is 0 Å². The minimum atomic E-state index is -0.420. The molecule has 1 aliphatic rings. The van der Waals surface area contributed by atoms with Crippen LogP contribution in [0.5, 0.6) is 0 Å². The van der Waals surface area contributed by atoms with Crippen LogP contribution in [0.3, 0.4) is 0 Å². The number of amides is 1. The van der Waals surface area contributed by atoms with Crippen molar-refractivity contribution in [2.45, 2.75) is 26.2 Å². The first-order valence-corrected chi connectivity index (χ1v) is 6.14. The van der Waals surface area contributed by atoms with Crippen molar-refractivity contribution >= 4 is 11.6 Å². The lowest BCUT2D eigenvalue weighted by Gasteiger charge is -2.39. The third-order valence-electron chi connectivity index (χ3n) is 3.82. The second-order valence-electron chi connectivity index (χ2n) is 4.90. The van der Waals surface area contributed by atoms with Gasteiger partial charge in [-0.15, -0.1) is 0 Å². The van der Waals surface area contributed by atoms with Gasteiger partial charge in [0.2, 0.25) is 5.91 Å². The van der Waals surface area contributed by atoms with Gasteiger partial charge in [0.05, 0.1) is 16.7 Å². The van der Waals surface area contributed by atoms with E-state index in [1.54, 1.807) is 6.07 Å². The van der Waals surface area contributed by atoms with Crippen LogP contribution in [0, 0.1) is 23.7 Å². The Balaban J connectivity index is 2.22. The maximum Gasteiger partial charge on any atom is 0.231 e. The second-order valence-corrected chi connectivity index (χ2v) is 4.90. The number of carbonyl (C=O) groups excluding carboxylic acids is 1. The highest BCUT2D eigenvalue weighted by molar-refractivity contribution is 5.97. The Bertz CT molecular complexity index is 507. The van der Waals surface area contributed by atoms with Crippen LogP contribution in [0.25, 0.3) is 0 Å². The number of hydrogen-bond donors (Lipinski definition) is 2. The molecule has 1 saturated carbocycles. The van der Waals surface area contributed by atoms with Crippen LogP contribution in [-0.2, 0) is 4.79 Å². The molecule has 0 spiro atoms. The summed E-state index contributed by atoms with van der Waals surface area (Å²) < 4.78 is 0. The van der Waals surface area contributed by atoms with Gasteiger partial charge in [0.25, 0.3) is 0 Å². The molecular weight excluding hydrogens is 226 g/mol. The van der Waals surface area contributed by atoms with E-state index in [0.717, 1.165) is 24.8 Å². The molecule has 0 saturated heterocycles. The van der Waals surface area contributed by atoms with E-state index in [1.807, 2.05) is 19.1 Å². The van der Waals surface area contributed by atoms with Gasteiger partial charge >= 0.3 is 0 Å². The number of rotatable bonds is 3. The van der Waals surface area contributed by atoms with Gasteiger partial charge < -0.3 is 11.1 Å². The summed E-state index contributed by atoms with van der Waals surface area (Å²) in [5.41, 5.74) is 7.25. The summed E-state index contributed by atoms with van der Waals surface area (Å²) in [6.07, 6.45) is 2.72. The molecule has 0 aromatic heterocycles. The van der Waals surface area contributed by atoms with Crippen molar-refractivity contribution in [3.8, 4) is 6.07 Å². The summed E-state index contributed by atoms with van der Waals surface area (Å²) in [5.74, 6) is -0.0571. The predicted octanol–water partition coefficient (Wildman–Crippen LogP) is 1.93. The van der Waals surface area contributed by atoms with Crippen molar-refractivity contribution in [2.24, 2.45) is 11.1 Å². The number of nitrogens with two attached hydrogens (primary N) is 1. The number of anilines is 1. The van der Waals surface area contributed by atoms with Gasteiger partial charge in [0.1, 0.15) is 6.07 Å². The lowest BCUT2D eigenvalue weighted by molar-refractivity contribution is -0.129. The zero-order valence-electron chi connectivity index (χ0n) is 10.5. The summed E-state index contributed by atoms with van der Waals surface area (Å²) in [7, 11) is 0. The Morgan fingerprint density at radius 2 is 2.28 bits per heavy atom. The van der Waals surface area contributed by atoms with Crippen molar-refractivity contribution in [1.82, 2.24) is 0 Å². The molecule has 1 aromatic carbocycles. The molecule has 18 heavy (non-hydrogen) atoms. The van der Waals surface area contributed by atoms with Gasteiger partial charge in [-0.2, -0.15) is 5.26 Å². The number of hydrogen-bond acceptors (Lipinski definition) is 3. The maximum absolute atomic E-state index is 12.2. The van der Waals surface area contributed by atoms with E-state index in [9.17, 15) is 4.79 Å². The first-order chi connectivity index (χ1) is 8.63. The van der Waals surface area contributed by atoms with E-state index in [4.69, 9.17) is 11.0 Å². The van der Waals surface area contributed by atoms with Crippen LogP contribution in [0.1, 0.15) is 30.4 Å². The first-order valence-electron chi connectivity index (χ1n) is 6.14. The van der Waals surface area contributed by atoms with E-state index in [2.05, 4.69) is 11.4 Å². The molecule has 94 valence electrons. The quantitative estimate of drug-likeness (QED) is 0.851. The smallest absolute Gasteiger partial charge is 0.231 e. The molecule has 0 unspecified atom stereocenters. The molecular formula is C14H17N3O. The molecule has 0 bridgehead atoms. The highest BCUT2D eigenvalue weighted by Gasteiger charge is 2.42. The second kappa shape index (κ2) is 4.79. The number of nitriles is 1. The fourth-order valence-electron chi connectivity index (χ4n) is 2.30. The van der Waals surface area contributed by atoms with Gasteiger partial charge in [-0.05, 0) is 31.4 Å². The Kier molecular flexibility index (Phi) is 3.35. The monoisotopic (exact) mass is 243 g/mol. The summed E-state index contributed by atoms with van der Waals surface area (Å²) in [6.45, 7) is 2.22. The minimum absolute atomic E-state index is 0.0571. The summed E-state index contributed by atoms with van der Waals surface area (Å²) in [4.78, 5) is 12.2. The van der Waals surface area contributed by atoms with Gasteiger partial charge in [-0.25, -0.2) is 0 Å². The standard InChI is InChI=1S/C14H17N3O/c1-10-4-2-5-12(11(10)8-15)17-13(18)14(9-16)6-3-7-14/h2,4-5H,3,6-7,9,16H2,1H3,(H,17,18). The van der Waals surface area contributed by atoms with Gasteiger partial charge in [-0.3, -0.25) is 4.79 Å². The van der Waals surface area contributed by atoms with Crippen LogP contribution >= 0.6 is 0 Å². The zero-order valence-corrected chi connectivity index (χ0v) is 10.5. The Morgan fingerprint density at radius 1 is 1.56 bits per heavy atom. The van der Waals surface area contributed by atoms with E-state index < -0.39 is 5.41 Å². The molecule has 4 nitrogen and oxygen atoms in total. The van der Waals surface area contributed by atoms with Crippen LogP contribution in [0.4, 0.5) is 5.69 Å². The van der Waals surface area contributed by atoms with Crippen molar-refractivity contribution < 1.29 is 4.79 Å². The molecule has 3 N–H and O–H groups in total. The lowest BCUT2D eigenvalue weighted by Crippen LogP contribution is -2.47. The van der Waals surface area contributed by atoms with Crippen LogP contribution in [0.15, 0.2) is 18.2 Å². The molecule has 1 aliphatic carbocycles. The molecule has 1 fully saturated rings.